The molecule has 3 N–H and O–H groups in total. The number of pyridine rings is 1. The number of benzene rings is 2. The topological polar surface area (TPSA) is 101 Å². The van der Waals surface area contributed by atoms with E-state index in [1.54, 1.807) is 42.5 Å². The Morgan fingerprint density at radius 2 is 1.86 bits per heavy atom. The molecule has 0 spiro atoms. The first-order chi connectivity index (χ1) is 14.1. The average molecular weight is 410 g/mol. The number of ether oxygens (including phenoxy) is 1. The molecule has 29 heavy (non-hydrogen) atoms. The molecule has 0 aliphatic carbocycles. The summed E-state index contributed by atoms with van der Waals surface area (Å²) in [5.74, 6) is -0.465. The first-order valence-corrected chi connectivity index (χ1v) is 8.85. The number of hydroxylamine groups is 1. The monoisotopic (exact) mass is 409 g/mol. The maximum Gasteiger partial charge on any atom is 0.267 e. The number of hydrogen-bond acceptors (Lipinski definition) is 5. The predicted octanol–water partition coefficient (Wildman–Crippen LogP) is 4.30. The van der Waals surface area contributed by atoms with E-state index in [0.717, 1.165) is 6.08 Å². The molecule has 2 aromatic carbocycles. The van der Waals surface area contributed by atoms with Crippen molar-refractivity contribution < 1.29 is 19.5 Å². The zero-order valence-electron chi connectivity index (χ0n) is 15.0. The number of rotatable bonds is 6. The fourth-order valence-corrected chi connectivity index (χ4v) is 2.60. The molecule has 0 saturated carbocycles. The SMILES string of the molecule is O=C(C=Cc1cc(Cl)ccc1NC(=O)c1cccnc1Oc1ccccc1)NO. The summed E-state index contributed by atoms with van der Waals surface area (Å²) in [5.41, 5.74) is 2.62. The third kappa shape index (κ3) is 5.41. The summed E-state index contributed by atoms with van der Waals surface area (Å²) in [6.07, 6.45) is 4.05. The van der Waals surface area contributed by atoms with Crippen LogP contribution in [0.2, 0.25) is 5.02 Å². The number of carbonyl (C=O) groups is 2. The fourth-order valence-electron chi connectivity index (χ4n) is 2.42. The van der Waals surface area contributed by atoms with Gasteiger partial charge < -0.3 is 10.1 Å². The highest BCUT2D eigenvalue weighted by Gasteiger charge is 2.16. The van der Waals surface area contributed by atoms with E-state index in [1.165, 1.54) is 17.8 Å². The molecule has 8 heteroatoms. The molecule has 0 unspecified atom stereocenters. The van der Waals surface area contributed by atoms with E-state index in [0.29, 0.717) is 22.0 Å². The maximum atomic E-state index is 12.8. The van der Waals surface area contributed by atoms with Gasteiger partial charge in [0.05, 0.1) is 0 Å². The summed E-state index contributed by atoms with van der Waals surface area (Å²) in [6.45, 7) is 0. The largest absolute Gasteiger partial charge is 0.438 e. The van der Waals surface area contributed by atoms with Crippen molar-refractivity contribution in [1.82, 2.24) is 10.5 Å². The number of hydrogen-bond donors (Lipinski definition) is 3. The summed E-state index contributed by atoms with van der Waals surface area (Å²) in [4.78, 5) is 28.2. The van der Waals surface area contributed by atoms with Crippen LogP contribution in [0.3, 0.4) is 0 Å². The number of carbonyl (C=O) groups excluding carboxylic acids is 2. The van der Waals surface area contributed by atoms with E-state index in [9.17, 15) is 9.59 Å². The normalized spacial score (nSPS) is 10.6. The van der Waals surface area contributed by atoms with Crippen molar-refractivity contribution in [3.63, 3.8) is 0 Å². The molecule has 0 fully saturated rings. The molecule has 2 amide bonds. The molecule has 0 saturated heterocycles. The lowest BCUT2D eigenvalue weighted by Gasteiger charge is -2.12. The highest BCUT2D eigenvalue weighted by molar-refractivity contribution is 6.31. The van der Waals surface area contributed by atoms with Crippen molar-refractivity contribution in [3.8, 4) is 11.6 Å². The highest BCUT2D eigenvalue weighted by atomic mass is 35.5. The van der Waals surface area contributed by atoms with Gasteiger partial charge in [-0.2, -0.15) is 0 Å². The van der Waals surface area contributed by atoms with Gasteiger partial charge in [-0.25, -0.2) is 10.5 Å². The number of aromatic nitrogens is 1. The molecule has 1 heterocycles. The van der Waals surface area contributed by atoms with Gasteiger partial charge in [0.2, 0.25) is 5.88 Å². The predicted molar refractivity (Wildman–Crippen MR) is 109 cm³/mol. The average Bonchev–Trinajstić information content (AvgIpc) is 2.74. The van der Waals surface area contributed by atoms with Gasteiger partial charge in [0.15, 0.2) is 0 Å². The van der Waals surface area contributed by atoms with Crippen LogP contribution in [0.25, 0.3) is 6.08 Å². The molecule has 0 radical (unpaired) electrons. The van der Waals surface area contributed by atoms with Crippen LogP contribution >= 0.6 is 11.6 Å². The van der Waals surface area contributed by atoms with Crippen molar-refractivity contribution >= 4 is 35.2 Å². The number of amides is 2. The molecule has 7 nitrogen and oxygen atoms in total. The van der Waals surface area contributed by atoms with Crippen molar-refractivity contribution in [2.24, 2.45) is 0 Å². The maximum absolute atomic E-state index is 12.8. The number of para-hydroxylation sites is 1. The zero-order valence-corrected chi connectivity index (χ0v) is 15.8. The third-order valence-corrected chi connectivity index (χ3v) is 3.99. The van der Waals surface area contributed by atoms with Crippen LogP contribution in [0, 0.1) is 0 Å². The Morgan fingerprint density at radius 3 is 2.62 bits per heavy atom. The van der Waals surface area contributed by atoms with E-state index >= 15 is 0 Å². The zero-order chi connectivity index (χ0) is 20.6. The molecule has 0 aliphatic rings. The molecule has 1 aromatic heterocycles. The smallest absolute Gasteiger partial charge is 0.267 e. The van der Waals surface area contributed by atoms with E-state index < -0.39 is 11.8 Å². The molecular weight excluding hydrogens is 394 g/mol. The van der Waals surface area contributed by atoms with E-state index in [-0.39, 0.29) is 11.4 Å². The second kappa shape index (κ2) is 9.50. The van der Waals surface area contributed by atoms with E-state index in [4.69, 9.17) is 21.5 Å². The summed E-state index contributed by atoms with van der Waals surface area (Å²) >= 11 is 6.01. The third-order valence-electron chi connectivity index (χ3n) is 3.76. The first-order valence-electron chi connectivity index (χ1n) is 8.48. The molecular formula is C21H16ClN3O4. The number of halogens is 1. The van der Waals surface area contributed by atoms with Gasteiger partial charge in [0.1, 0.15) is 11.3 Å². The molecule has 0 atom stereocenters. The van der Waals surface area contributed by atoms with Gasteiger partial charge in [0, 0.05) is 23.0 Å². The van der Waals surface area contributed by atoms with Gasteiger partial charge in [-0.1, -0.05) is 29.8 Å². The number of anilines is 1. The molecule has 3 aromatic rings. The molecule has 0 aliphatic heterocycles. The van der Waals surface area contributed by atoms with Crippen LogP contribution in [0.15, 0.2) is 72.9 Å². The van der Waals surface area contributed by atoms with Crippen LogP contribution in [0.1, 0.15) is 15.9 Å². The van der Waals surface area contributed by atoms with Crippen molar-refractivity contribution in [3.05, 3.63) is 89.1 Å². The van der Waals surface area contributed by atoms with Gasteiger partial charge >= 0.3 is 0 Å². The standard InChI is InChI=1S/C21H16ClN3O4/c22-15-9-10-18(14(13-15)8-11-19(26)25-28)24-20(27)17-7-4-12-23-21(17)29-16-5-2-1-3-6-16/h1-13,28H,(H,24,27)(H,25,26). The molecule has 146 valence electrons. The van der Waals surface area contributed by atoms with Crippen molar-refractivity contribution in [2.75, 3.05) is 5.32 Å². The van der Waals surface area contributed by atoms with Gasteiger partial charge in [-0.05, 0) is 54.1 Å². The summed E-state index contributed by atoms with van der Waals surface area (Å²) < 4.78 is 5.72. The van der Waals surface area contributed by atoms with Crippen LogP contribution in [0.4, 0.5) is 5.69 Å². The number of nitrogens with one attached hydrogen (secondary N) is 2. The van der Waals surface area contributed by atoms with Crippen LogP contribution in [-0.2, 0) is 4.79 Å². The Labute approximate surface area is 171 Å². The van der Waals surface area contributed by atoms with Crippen LogP contribution in [0.5, 0.6) is 11.6 Å². The number of nitrogens with zero attached hydrogens (tertiary/aromatic N) is 1. The Morgan fingerprint density at radius 1 is 1.07 bits per heavy atom. The minimum atomic E-state index is -0.715. The lowest BCUT2D eigenvalue weighted by molar-refractivity contribution is -0.124. The lowest BCUT2D eigenvalue weighted by atomic mass is 10.1. The fraction of sp³-hybridized carbons (Fsp3) is 0. The minimum absolute atomic E-state index is 0.155. The highest BCUT2D eigenvalue weighted by Crippen LogP contribution is 2.26. The van der Waals surface area contributed by atoms with Crippen LogP contribution < -0.4 is 15.5 Å². The Hall–Kier alpha value is -3.68. The van der Waals surface area contributed by atoms with Gasteiger partial charge in [-0.15, -0.1) is 0 Å². The molecule has 0 bridgehead atoms. The van der Waals surface area contributed by atoms with Crippen LogP contribution in [-0.4, -0.2) is 22.0 Å². The Balaban J connectivity index is 1.86. The first kappa shape index (κ1) is 20.1. The van der Waals surface area contributed by atoms with E-state index in [2.05, 4.69) is 10.3 Å². The van der Waals surface area contributed by atoms with Crippen molar-refractivity contribution in [2.45, 2.75) is 0 Å². The quantitative estimate of drug-likeness (QED) is 0.320. The summed E-state index contributed by atoms with van der Waals surface area (Å²) in [7, 11) is 0. The second-order valence-electron chi connectivity index (χ2n) is 5.77. The second-order valence-corrected chi connectivity index (χ2v) is 6.20. The molecule has 3 rings (SSSR count). The van der Waals surface area contributed by atoms with Crippen molar-refractivity contribution in [1.29, 1.82) is 0 Å². The Bertz CT molecular complexity index is 1050. The van der Waals surface area contributed by atoms with Gasteiger partial charge in [-0.3, -0.25) is 14.8 Å². The summed E-state index contributed by atoms with van der Waals surface area (Å²) in [5, 5.41) is 11.8. The summed E-state index contributed by atoms with van der Waals surface area (Å²) in [6, 6.07) is 17.0. The Kier molecular flexibility index (Phi) is 6.57. The lowest BCUT2D eigenvalue weighted by Crippen LogP contribution is -2.15. The minimum Gasteiger partial charge on any atom is -0.438 e. The van der Waals surface area contributed by atoms with Gasteiger partial charge in [0.25, 0.3) is 11.8 Å². The van der Waals surface area contributed by atoms with E-state index in [1.807, 2.05) is 18.2 Å².